The first-order valence-corrected chi connectivity index (χ1v) is 7.11. The van der Waals surface area contributed by atoms with E-state index in [0.717, 1.165) is 0 Å². The number of halogens is 2. The van der Waals surface area contributed by atoms with E-state index in [-0.39, 0.29) is 6.42 Å². The van der Waals surface area contributed by atoms with Crippen LogP contribution in [0.15, 0.2) is 18.2 Å². The van der Waals surface area contributed by atoms with Crippen molar-refractivity contribution in [2.75, 3.05) is 0 Å². The van der Waals surface area contributed by atoms with E-state index in [1.165, 1.54) is 0 Å². The predicted octanol–water partition coefficient (Wildman–Crippen LogP) is -0.577. The molecule has 0 saturated heterocycles. The number of amides is 1. The quantitative estimate of drug-likeness (QED) is 0.254. The van der Waals surface area contributed by atoms with Crippen LogP contribution in [-0.2, 0) is 20.8 Å². The summed E-state index contributed by atoms with van der Waals surface area (Å²) >= 11 is 11.7. The first kappa shape index (κ1) is 22.6. The topological polar surface area (TPSA) is 194 Å². The Labute approximate surface area is 151 Å². The second-order valence-electron chi connectivity index (χ2n) is 4.40. The fraction of sp³-hybridized carbons (Fsp3) is 0.231. The molecule has 25 heavy (non-hydrogen) atoms. The number of aliphatic hydroxyl groups excluding tert-OH is 2. The molecule has 10 nitrogen and oxygen atoms in total. The molecule has 1 aromatic rings. The molecule has 2 unspecified atom stereocenters. The lowest BCUT2D eigenvalue weighted by molar-refractivity contribution is -0.165. The number of hydrogen-bond acceptors (Lipinski definition) is 6. The number of benzene rings is 1. The van der Waals surface area contributed by atoms with Crippen molar-refractivity contribution in [3.05, 3.63) is 33.8 Å². The number of aliphatic carboxylic acids is 2. The second-order valence-corrected chi connectivity index (χ2v) is 5.22. The molecule has 0 aliphatic carbocycles. The van der Waals surface area contributed by atoms with Gasteiger partial charge in [0.05, 0.1) is 6.42 Å². The third-order valence-electron chi connectivity index (χ3n) is 2.48. The van der Waals surface area contributed by atoms with Gasteiger partial charge in [0.2, 0.25) is 5.91 Å². The maximum absolute atomic E-state index is 11.3. The number of nitrogens with two attached hydrogens (primary N) is 1. The molecule has 2 atom stereocenters. The highest BCUT2D eigenvalue weighted by Crippen LogP contribution is 2.24. The van der Waals surface area contributed by atoms with Crippen LogP contribution in [0.4, 0.5) is 0 Å². The van der Waals surface area contributed by atoms with Crippen molar-refractivity contribution < 1.29 is 34.8 Å². The Balaban J connectivity index is 0.000000504. The van der Waals surface area contributed by atoms with E-state index in [1.54, 1.807) is 18.2 Å². The van der Waals surface area contributed by atoms with Crippen molar-refractivity contribution in [2.24, 2.45) is 5.73 Å². The number of guanidine groups is 1. The summed E-state index contributed by atoms with van der Waals surface area (Å²) in [6, 6.07) is 4.98. The Morgan fingerprint density at radius 2 is 1.48 bits per heavy atom. The third-order valence-corrected chi connectivity index (χ3v) is 3.19. The molecule has 0 fully saturated rings. The van der Waals surface area contributed by atoms with Gasteiger partial charge in [-0.05, 0) is 17.7 Å². The highest BCUT2D eigenvalue weighted by molar-refractivity contribution is 6.36. The molecule has 0 aliphatic rings. The molecule has 138 valence electrons. The number of hydrogen-bond donors (Lipinski definition) is 7. The van der Waals surface area contributed by atoms with Gasteiger partial charge in [-0.2, -0.15) is 0 Å². The highest BCUT2D eigenvalue weighted by atomic mass is 35.5. The summed E-state index contributed by atoms with van der Waals surface area (Å²) in [5.41, 5.74) is 5.54. The predicted molar refractivity (Wildman–Crippen MR) is 87.5 cm³/mol. The van der Waals surface area contributed by atoms with Gasteiger partial charge < -0.3 is 26.2 Å². The number of aliphatic hydroxyl groups is 2. The molecule has 12 heteroatoms. The summed E-state index contributed by atoms with van der Waals surface area (Å²) in [6.45, 7) is 0. The molecule has 0 heterocycles. The minimum Gasteiger partial charge on any atom is -0.479 e. The van der Waals surface area contributed by atoms with Gasteiger partial charge in [0.1, 0.15) is 0 Å². The molecule has 1 amide bonds. The van der Waals surface area contributed by atoms with Gasteiger partial charge in [0, 0.05) is 10.0 Å². The summed E-state index contributed by atoms with van der Waals surface area (Å²) in [7, 11) is 0. The van der Waals surface area contributed by atoms with Gasteiger partial charge in [-0.1, -0.05) is 29.3 Å². The Hall–Kier alpha value is -2.40. The third kappa shape index (κ3) is 8.31. The highest BCUT2D eigenvalue weighted by Gasteiger charge is 2.29. The number of carboxylic acid groups (broad SMARTS) is 2. The van der Waals surface area contributed by atoms with E-state index in [2.05, 4.69) is 5.32 Å². The zero-order valence-corrected chi connectivity index (χ0v) is 14.0. The Morgan fingerprint density at radius 3 is 1.80 bits per heavy atom. The number of carboxylic acids is 2. The summed E-state index contributed by atoms with van der Waals surface area (Å²) < 4.78 is 0. The number of rotatable bonds is 5. The first-order chi connectivity index (χ1) is 11.5. The van der Waals surface area contributed by atoms with Crippen LogP contribution in [0.5, 0.6) is 0 Å². The molecular formula is C13H15Cl2N3O7. The summed E-state index contributed by atoms with van der Waals surface area (Å²) in [5.74, 6) is -4.36. The lowest BCUT2D eigenvalue weighted by atomic mass is 10.1. The lowest BCUT2D eigenvalue weighted by Gasteiger charge is -2.07. The van der Waals surface area contributed by atoms with E-state index in [0.29, 0.717) is 15.6 Å². The van der Waals surface area contributed by atoms with Crippen molar-refractivity contribution in [3.63, 3.8) is 0 Å². The van der Waals surface area contributed by atoms with Crippen LogP contribution in [0.25, 0.3) is 0 Å². The summed E-state index contributed by atoms with van der Waals surface area (Å²) in [4.78, 5) is 30.8. The minimum atomic E-state index is -2.27. The number of carbonyl (C=O) groups is 3. The van der Waals surface area contributed by atoms with Crippen LogP contribution in [-0.4, -0.2) is 56.4 Å². The van der Waals surface area contributed by atoms with Crippen molar-refractivity contribution in [1.29, 1.82) is 5.41 Å². The van der Waals surface area contributed by atoms with Crippen LogP contribution in [0.2, 0.25) is 10.0 Å². The van der Waals surface area contributed by atoms with E-state index in [9.17, 15) is 14.4 Å². The Morgan fingerprint density at radius 1 is 1.08 bits per heavy atom. The van der Waals surface area contributed by atoms with Crippen LogP contribution in [0.3, 0.4) is 0 Å². The van der Waals surface area contributed by atoms with E-state index < -0.39 is 36.0 Å². The van der Waals surface area contributed by atoms with Gasteiger partial charge in [-0.3, -0.25) is 15.5 Å². The lowest BCUT2D eigenvalue weighted by Crippen LogP contribution is -2.39. The van der Waals surface area contributed by atoms with Gasteiger partial charge in [-0.25, -0.2) is 9.59 Å². The molecule has 0 bridgehead atoms. The van der Waals surface area contributed by atoms with Gasteiger partial charge in [0.25, 0.3) is 0 Å². The van der Waals surface area contributed by atoms with Gasteiger partial charge in [0.15, 0.2) is 18.2 Å². The molecule has 1 aromatic carbocycles. The fourth-order valence-corrected chi connectivity index (χ4v) is 1.86. The van der Waals surface area contributed by atoms with Crippen LogP contribution in [0.1, 0.15) is 5.56 Å². The van der Waals surface area contributed by atoms with Crippen molar-refractivity contribution >= 4 is 47.0 Å². The van der Waals surface area contributed by atoms with Crippen molar-refractivity contribution in [3.8, 4) is 0 Å². The SMILES string of the molecule is N=C(N)NC(=O)Cc1c(Cl)cccc1Cl.O=C(O)C(O)C(O)C(=O)O. The molecule has 1 rings (SSSR count). The molecule has 0 aliphatic heterocycles. The molecule has 0 saturated carbocycles. The average molecular weight is 396 g/mol. The Kier molecular flexibility index (Phi) is 9.46. The van der Waals surface area contributed by atoms with Crippen molar-refractivity contribution in [2.45, 2.75) is 18.6 Å². The second kappa shape index (κ2) is 10.5. The smallest absolute Gasteiger partial charge is 0.335 e. The van der Waals surface area contributed by atoms with E-state index in [1.807, 2.05) is 0 Å². The monoisotopic (exact) mass is 395 g/mol. The van der Waals surface area contributed by atoms with E-state index in [4.69, 9.17) is 54.8 Å². The van der Waals surface area contributed by atoms with Crippen molar-refractivity contribution in [1.82, 2.24) is 5.32 Å². The summed E-state index contributed by atoms with van der Waals surface area (Å²) in [6.07, 6.45) is -4.53. The normalized spacial score (nSPS) is 12.2. The molecule has 0 spiro atoms. The molecule has 8 N–H and O–H groups in total. The molecule has 0 radical (unpaired) electrons. The van der Waals surface area contributed by atoms with Gasteiger partial charge in [-0.15, -0.1) is 0 Å². The zero-order valence-electron chi connectivity index (χ0n) is 12.4. The molecular weight excluding hydrogens is 381 g/mol. The first-order valence-electron chi connectivity index (χ1n) is 6.35. The maximum Gasteiger partial charge on any atom is 0.335 e. The molecule has 0 aromatic heterocycles. The summed E-state index contributed by atoms with van der Waals surface area (Å²) in [5, 5.41) is 42.4. The zero-order chi connectivity index (χ0) is 19.7. The minimum absolute atomic E-state index is 0.00190. The largest absolute Gasteiger partial charge is 0.479 e. The average Bonchev–Trinajstić information content (AvgIpc) is 2.49. The van der Waals surface area contributed by atoms with Crippen LogP contribution >= 0.6 is 23.2 Å². The van der Waals surface area contributed by atoms with E-state index >= 15 is 0 Å². The van der Waals surface area contributed by atoms with Crippen LogP contribution < -0.4 is 11.1 Å². The maximum atomic E-state index is 11.3. The number of carbonyl (C=O) groups excluding carboxylic acids is 1. The Bertz CT molecular complexity index is 631. The number of nitrogens with one attached hydrogen (secondary N) is 2. The fourth-order valence-electron chi connectivity index (χ4n) is 1.33. The van der Waals surface area contributed by atoms with Gasteiger partial charge >= 0.3 is 11.9 Å². The standard InChI is InChI=1S/C9H9Cl2N3O.C4H6O6/c10-6-2-1-3-7(11)5(6)4-8(15)14-9(12)13;5-1(3(7)8)2(6)4(9)10/h1-3H,4H2,(H4,12,13,14,15);1-2,5-6H,(H,7,8)(H,9,10). The van der Waals surface area contributed by atoms with Crippen LogP contribution in [0, 0.1) is 5.41 Å².